The van der Waals surface area contributed by atoms with Gasteiger partial charge in [-0.05, 0) is 64.2 Å². The molecule has 0 radical (unpaired) electrons. The van der Waals surface area contributed by atoms with Gasteiger partial charge in [-0.1, -0.05) is 171 Å². The van der Waals surface area contributed by atoms with Crippen molar-refractivity contribution in [2.45, 2.75) is 193 Å². The van der Waals surface area contributed by atoms with Crippen molar-refractivity contribution < 1.29 is 43.0 Å². The molecule has 0 aromatic heterocycles. The zero-order valence-corrected chi connectivity index (χ0v) is 36.5. The predicted octanol–water partition coefficient (Wildman–Crippen LogP) is 12.4. The second-order valence-corrected chi connectivity index (χ2v) is 16.1. The quantitative estimate of drug-likeness (QED) is 0.0239. The Morgan fingerprint density at radius 1 is 0.571 bits per heavy atom. The van der Waals surface area contributed by atoms with Crippen LogP contribution in [0.15, 0.2) is 60.8 Å². The van der Waals surface area contributed by atoms with Gasteiger partial charge in [0.05, 0.1) is 26.4 Å². The van der Waals surface area contributed by atoms with E-state index in [2.05, 4.69) is 62.5 Å². The minimum Gasteiger partial charge on any atom is -0.457 e. The standard InChI is InChI=1S/C46H83O9P/c1-3-5-7-9-11-13-15-17-18-19-20-21-22-23-24-25-27-29-31-33-35-37-39-52-42-45(43-54-56(50,51)53-41-44(48)40-47)55-46(49)38-36-34-32-30-28-26-16-14-12-10-8-6-4-2/h6,8,12,14,19-20,26,28,32,34,44-45,47-48H,3-5,7,9-11,13,15-18,21-25,27,29-31,33,35-43H2,1-2H3,(H,50,51)/b8-6-,14-12-,20-19-,28-26-,34-32-. The molecule has 0 bridgehead atoms. The van der Waals surface area contributed by atoms with Crippen molar-refractivity contribution >= 4 is 13.8 Å². The van der Waals surface area contributed by atoms with Gasteiger partial charge in [-0.15, -0.1) is 0 Å². The number of rotatable bonds is 42. The summed E-state index contributed by atoms with van der Waals surface area (Å²) in [6, 6.07) is 0. The summed E-state index contributed by atoms with van der Waals surface area (Å²) in [5, 5.41) is 18.3. The van der Waals surface area contributed by atoms with Crippen LogP contribution in [0.25, 0.3) is 0 Å². The molecule has 0 aliphatic carbocycles. The Morgan fingerprint density at radius 2 is 1.02 bits per heavy atom. The van der Waals surface area contributed by atoms with Crippen LogP contribution in [-0.2, 0) is 27.9 Å². The molecule has 0 saturated carbocycles. The number of unbranched alkanes of at least 4 members (excludes halogenated alkanes) is 18. The van der Waals surface area contributed by atoms with Gasteiger partial charge in [-0.2, -0.15) is 0 Å². The van der Waals surface area contributed by atoms with Crippen LogP contribution in [0.1, 0.15) is 181 Å². The monoisotopic (exact) mass is 811 g/mol. The lowest BCUT2D eigenvalue weighted by Gasteiger charge is -2.20. The van der Waals surface area contributed by atoms with E-state index in [4.69, 9.17) is 23.6 Å². The van der Waals surface area contributed by atoms with E-state index >= 15 is 0 Å². The van der Waals surface area contributed by atoms with Gasteiger partial charge in [0.2, 0.25) is 0 Å². The van der Waals surface area contributed by atoms with E-state index in [0.717, 1.165) is 44.9 Å². The van der Waals surface area contributed by atoms with Gasteiger partial charge in [0, 0.05) is 13.0 Å². The number of phosphoric acid groups is 1. The van der Waals surface area contributed by atoms with E-state index in [9.17, 15) is 19.4 Å². The molecule has 0 aromatic rings. The van der Waals surface area contributed by atoms with Gasteiger partial charge in [-0.3, -0.25) is 13.8 Å². The van der Waals surface area contributed by atoms with E-state index in [0.29, 0.717) is 13.0 Å². The zero-order valence-electron chi connectivity index (χ0n) is 35.6. The van der Waals surface area contributed by atoms with Crippen molar-refractivity contribution in [2.75, 3.05) is 33.0 Å². The highest BCUT2D eigenvalue weighted by Crippen LogP contribution is 2.43. The van der Waals surface area contributed by atoms with Crippen molar-refractivity contribution in [3.8, 4) is 0 Å². The number of ether oxygens (including phenoxy) is 2. The van der Waals surface area contributed by atoms with Gasteiger partial charge in [0.1, 0.15) is 12.2 Å². The molecule has 3 atom stereocenters. The van der Waals surface area contributed by atoms with Gasteiger partial charge >= 0.3 is 13.8 Å². The maximum Gasteiger partial charge on any atom is 0.472 e. The van der Waals surface area contributed by atoms with Crippen molar-refractivity contribution in [1.82, 2.24) is 0 Å². The summed E-state index contributed by atoms with van der Waals surface area (Å²) in [4.78, 5) is 22.5. The molecule has 3 N–H and O–H groups in total. The molecule has 0 amide bonds. The van der Waals surface area contributed by atoms with E-state index < -0.39 is 45.8 Å². The molecule has 0 aromatic carbocycles. The van der Waals surface area contributed by atoms with Crippen molar-refractivity contribution in [1.29, 1.82) is 0 Å². The molecule has 0 aliphatic rings. The third-order valence-corrected chi connectivity index (χ3v) is 10.2. The van der Waals surface area contributed by atoms with Crippen LogP contribution < -0.4 is 0 Å². The van der Waals surface area contributed by atoms with E-state index in [1.54, 1.807) is 0 Å². The number of aliphatic hydroxyl groups is 2. The number of aliphatic hydroxyl groups excluding tert-OH is 2. The van der Waals surface area contributed by atoms with Gasteiger partial charge in [0.15, 0.2) is 0 Å². The first kappa shape index (κ1) is 54.2. The number of hydrogen-bond acceptors (Lipinski definition) is 8. The lowest BCUT2D eigenvalue weighted by molar-refractivity contribution is -0.154. The van der Waals surface area contributed by atoms with Crippen LogP contribution in [0.3, 0.4) is 0 Å². The Labute approximate surface area is 342 Å². The number of esters is 1. The topological polar surface area (TPSA) is 132 Å². The first-order chi connectivity index (χ1) is 27.3. The molecule has 56 heavy (non-hydrogen) atoms. The fourth-order valence-electron chi connectivity index (χ4n) is 5.83. The number of carbonyl (C=O) groups is 1. The molecule has 0 saturated heterocycles. The SMILES string of the molecule is CC/C=C\C/C=C\C/C=C\C/C=C\CCC(=O)OC(COCCCCCCCCCCCC/C=C\CCCCCCCCCC)COP(=O)(O)OCC(O)CO. The summed E-state index contributed by atoms with van der Waals surface area (Å²) in [6.07, 6.45) is 49.2. The van der Waals surface area contributed by atoms with Gasteiger partial charge in [0.25, 0.3) is 0 Å². The highest BCUT2D eigenvalue weighted by Gasteiger charge is 2.26. The highest BCUT2D eigenvalue weighted by atomic mass is 31.2. The van der Waals surface area contributed by atoms with Crippen molar-refractivity contribution in [3.63, 3.8) is 0 Å². The van der Waals surface area contributed by atoms with Crippen molar-refractivity contribution in [2.24, 2.45) is 0 Å². The smallest absolute Gasteiger partial charge is 0.457 e. The lowest BCUT2D eigenvalue weighted by atomic mass is 10.1. The predicted molar refractivity (Wildman–Crippen MR) is 233 cm³/mol. The minimum atomic E-state index is -4.54. The maximum atomic E-state index is 12.5. The molecule has 0 aliphatic heterocycles. The molecule has 326 valence electrons. The third kappa shape index (κ3) is 41.8. The first-order valence-corrected chi connectivity index (χ1v) is 23.8. The third-order valence-electron chi connectivity index (χ3n) is 9.20. The molecular weight excluding hydrogens is 727 g/mol. The fourth-order valence-corrected chi connectivity index (χ4v) is 6.62. The normalized spacial score (nSPS) is 14.6. The summed E-state index contributed by atoms with van der Waals surface area (Å²) in [7, 11) is -4.54. The Bertz CT molecular complexity index is 1060. The number of allylic oxidation sites excluding steroid dienone is 10. The summed E-state index contributed by atoms with van der Waals surface area (Å²) in [5.74, 6) is -0.463. The number of carbonyl (C=O) groups excluding carboxylic acids is 1. The maximum absolute atomic E-state index is 12.5. The molecule has 10 heteroatoms. The Morgan fingerprint density at radius 3 is 1.54 bits per heavy atom. The van der Waals surface area contributed by atoms with Crippen LogP contribution in [-0.4, -0.2) is 66.3 Å². The number of phosphoric ester groups is 1. The summed E-state index contributed by atoms with van der Waals surface area (Å²) in [5.41, 5.74) is 0. The zero-order chi connectivity index (χ0) is 41.1. The van der Waals surface area contributed by atoms with Crippen LogP contribution in [0.2, 0.25) is 0 Å². The molecule has 3 unspecified atom stereocenters. The minimum absolute atomic E-state index is 0.0179. The highest BCUT2D eigenvalue weighted by molar-refractivity contribution is 7.47. The Kier molecular flexibility index (Phi) is 41.4. The second-order valence-electron chi connectivity index (χ2n) is 14.7. The van der Waals surface area contributed by atoms with Gasteiger partial charge in [-0.25, -0.2) is 4.57 Å². The van der Waals surface area contributed by atoms with Gasteiger partial charge < -0.3 is 24.6 Å². The van der Waals surface area contributed by atoms with E-state index in [1.807, 2.05) is 12.2 Å². The van der Waals surface area contributed by atoms with Crippen molar-refractivity contribution in [3.05, 3.63) is 60.8 Å². The average Bonchev–Trinajstić information content (AvgIpc) is 3.19. The Balaban J connectivity index is 4.16. The lowest BCUT2D eigenvalue weighted by Crippen LogP contribution is -2.29. The second kappa shape index (κ2) is 42.8. The number of hydrogen-bond donors (Lipinski definition) is 3. The van der Waals surface area contributed by atoms with E-state index in [-0.39, 0.29) is 13.0 Å². The molecule has 0 spiro atoms. The molecular formula is C46H83O9P. The Hall–Kier alpha value is -1.84. The average molecular weight is 811 g/mol. The van der Waals surface area contributed by atoms with Crippen LogP contribution in [0.4, 0.5) is 0 Å². The molecule has 0 heterocycles. The largest absolute Gasteiger partial charge is 0.472 e. The molecule has 9 nitrogen and oxygen atoms in total. The fraction of sp³-hybridized carbons (Fsp3) is 0.761. The summed E-state index contributed by atoms with van der Waals surface area (Å²) < 4.78 is 33.3. The van der Waals surface area contributed by atoms with Crippen LogP contribution in [0, 0.1) is 0 Å². The molecule has 0 fully saturated rings. The van der Waals surface area contributed by atoms with E-state index in [1.165, 1.54) is 109 Å². The van der Waals surface area contributed by atoms with Crippen LogP contribution >= 0.6 is 7.82 Å². The molecule has 0 rings (SSSR count). The van der Waals surface area contributed by atoms with Crippen LogP contribution in [0.5, 0.6) is 0 Å². The summed E-state index contributed by atoms with van der Waals surface area (Å²) >= 11 is 0. The summed E-state index contributed by atoms with van der Waals surface area (Å²) in [6.45, 7) is 3.30. The first-order valence-electron chi connectivity index (χ1n) is 22.3.